The van der Waals surface area contributed by atoms with Gasteiger partial charge in [-0.05, 0) is 34.8 Å². The summed E-state index contributed by atoms with van der Waals surface area (Å²) in [4.78, 5) is 11.9. The lowest BCUT2D eigenvalue weighted by Crippen LogP contribution is -2.22. The molecule has 0 aliphatic rings. The Bertz CT molecular complexity index is 1120. The third-order valence-corrected chi connectivity index (χ3v) is 2.03. The van der Waals surface area contributed by atoms with Crippen LogP contribution >= 0.6 is 0 Å². The zero-order valence-electron chi connectivity index (χ0n) is 24.0. The van der Waals surface area contributed by atoms with E-state index in [0.717, 1.165) is 0 Å². The highest BCUT2D eigenvalue weighted by atomic mass is 16.5. The highest BCUT2D eigenvalue weighted by Crippen LogP contribution is 2.24. The quantitative estimate of drug-likeness (QED) is 0.915. The molecule has 2 aromatic carbocycles. The van der Waals surface area contributed by atoms with E-state index in [0.29, 0.717) is 0 Å². The van der Waals surface area contributed by atoms with Gasteiger partial charge in [-0.2, -0.15) is 0 Å². The highest BCUT2D eigenvalue weighted by Gasteiger charge is 2.03. The lowest BCUT2D eigenvalue weighted by atomic mass is 10.0. The van der Waals surface area contributed by atoms with Gasteiger partial charge in [0, 0.05) is 20.2 Å². The Balaban J connectivity index is 2.89. The molecule has 94 valence electrons. The molecule has 0 unspecified atom stereocenters. The number of carbonyl (C=O) groups excluding carboxylic acids is 1. The van der Waals surface area contributed by atoms with Gasteiger partial charge < -0.3 is 10.0 Å². The lowest BCUT2D eigenvalue weighted by Gasteiger charge is -2.08. The van der Waals surface area contributed by atoms with Crippen LogP contribution in [0, 0.1) is 0 Å². The first-order valence-corrected chi connectivity index (χ1v) is 4.77. The third kappa shape index (κ3) is 2.80. The molecule has 0 fully saturated rings. The molecule has 0 aliphatic heterocycles. The maximum absolute atomic E-state index is 11.9. The van der Waals surface area contributed by atoms with Gasteiger partial charge in [-0.1, -0.05) is 24.2 Å². The second-order valence-electron chi connectivity index (χ2n) is 3.16. The van der Waals surface area contributed by atoms with Crippen LogP contribution in [0.15, 0.2) is 36.3 Å². The van der Waals surface area contributed by atoms with E-state index in [-0.39, 0.29) is 0 Å². The van der Waals surface area contributed by atoms with E-state index in [2.05, 4.69) is 4.74 Å². The van der Waals surface area contributed by atoms with Crippen LogP contribution in [-0.4, -0.2) is 19.4 Å². The zero-order valence-corrected chi connectivity index (χ0v) is 8.97. The Labute approximate surface area is 128 Å². The maximum Gasteiger partial charge on any atom is 0.216 e. The number of fused-ring (bicyclic) bond motifs is 1. The summed E-state index contributed by atoms with van der Waals surface area (Å²) in [6.45, 7) is -6.45. The topological polar surface area (TPSA) is 38.3 Å². The van der Waals surface area contributed by atoms with Crippen molar-refractivity contribution in [3.8, 4) is 5.75 Å². The standard InChI is InChI=1S/C15H17NO2/c1-11(17)16-9-8-13-5-3-4-12-6-7-14(18-2)10-15(12)13/h3-7,10H,8-9H2,1-2H3,(H,16,17)/i1D3,2D3,3D,4D,5D,6D,7D,9D2,10D/hD. The van der Waals surface area contributed by atoms with E-state index in [4.69, 9.17) is 20.6 Å². The van der Waals surface area contributed by atoms with Crippen LogP contribution in [0.25, 0.3) is 10.8 Å². The summed E-state index contributed by atoms with van der Waals surface area (Å²) in [5.74, 6) is -2.79. The molecule has 3 heteroatoms. The van der Waals surface area contributed by atoms with Crippen LogP contribution in [-0.2, 0) is 11.2 Å². The van der Waals surface area contributed by atoms with Gasteiger partial charge in [0.25, 0.3) is 0 Å². The van der Waals surface area contributed by atoms with Crippen LogP contribution in [0.4, 0.5) is 0 Å². The monoisotopic (exact) mass is 258 g/mol. The number of carbonyl (C=O) groups is 1. The Morgan fingerprint density at radius 3 is 3.33 bits per heavy atom. The second kappa shape index (κ2) is 5.54. The average molecular weight is 258 g/mol. The van der Waals surface area contributed by atoms with Crippen molar-refractivity contribution in [2.45, 2.75) is 13.3 Å². The molecule has 1 N–H and O–H groups in total. The molecule has 3 nitrogen and oxygen atoms in total. The molecular formula is C15H17NO2. The number of ether oxygens (including phenoxy) is 1. The highest BCUT2D eigenvalue weighted by molar-refractivity contribution is 5.87. The van der Waals surface area contributed by atoms with Crippen molar-refractivity contribution in [2.24, 2.45) is 0 Å². The minimum absolute atomic E-state index is 0.465. The molecule has 0 atom stereocenters. The summed E-state index contributed by atoms with van der Waals surface area (Å²) in [5, 5.41) is -1.55. The number of nitrogens with one attached hydrogen (secondary N) is 1. The van der Waals surface area contributed by atoms with Crippen LogP contribution in [0.2, 0.25) is 1.41 Å². The van der Waals surface area contributed by atoms with E-state index in [1.807, 2.05) is 0 Å². The first-order valence-electron chi connectivity index (χ1n) is 12.2. The van der Waals surface area contributed by atoms with Gasteiger partial charge in [0.1, 0.15) is 5.75 Å². The average Bonchev–Trinajstić information content (AvgIpc) is 2.67. The number of aryl methyl sites for hydroxylation is 1. The molecule has 1 amide bonds. The molecule has 0 aromatic heterocycles. The molecule has 18 heavy (non-hydrogen) atoms. The smallest absolute Gasteiger partial charge is 0.216 e. The van der Waals surface area contributed by atoms with Gasteiger partial charge in [-0.3, -0.25) is 4.79 Å². The maximum atomic E-state index is 11.9. The van der Waals surface area contributed by atoms with Crippen molar-refractivity contribution in [3.05, 3.63) is 41.8 Å². The lowest BCUT2D eigenvalue weighted by molar-refractivity contribution is -0.118. The fraction of sp³-hybridized carbons (Fsp3) is 0.267. The van der Waals surface area contributed by atoms with E-state index in [1.54, 1.807) is 0 Å². The molecule has 0 bridgehead atoms. The minimum atomic E-state index is -3.36. The molecule has 0 aliphatic carbocycles. The number of amides is 1. The van der Waals surface area contributed by atoms with Crippen molar-refractivity contribution in [2.75, 3.05) is 13.5 Å². The van der Waals surface area contributed by atoms with Crippen molar-refractivity contribution in [3.63, 3.8) is 0 Å². The summed E-state index contributed by atoms with van der Waals surface area (Å²) in [5.41, 5.74) is -0.569. The van der Waals surface area contributed by atoms with E-state index in [9.17, 15) is 4.79 Å². The van der Waals surface area contributed by atoms with Crippen LogP contribution in [0.5, 0.6) is 5.75 Å². The molecule has 0 radical (unpaired) electrons. The van der Waals surface area contributed by atoms with Crippen molar-refractivity contribution in [1.29, 1.82) is 0 Å². The van der Waals surface area contributed by atoms with Crippen molar-refractivity contribution < 1.29 is 30.1 Å². The summed E-state index contributed by atoms with van der Waals surface area (Å²) >= 11 is 0. The molecule has 0 heterocycles. The van der Waals surface area contributed by atoms with Gasteiger partial charge in [0.15, 0.2) is 1.41 Å². The normalized spacial score (nSPS) is 24.6. The first-order chi connectivity index (χ1) is 14.7. The molecule has 0 saturated carbocycles. The summed E-state index contributed by atoms with van der Waals surface area (Å²) < 4.78 is 120. The fourth-order valence-electron chi connectivity index (χ4n) is 1.31. The summed E-state index contributed by atoms with van der Waals surface area (Å²) in [6.07, 6.45) is -1.12. The van der Waals surface area contributed by atoms with Gasteiger partial charge in [-0.15, -0.1) is 0 Å². The number of hydrogen-bond donors (Lipinski definition) is 1. The van der Waals surface area contributed by atoms with E-state index in [1.165, 1.54) is 0 Å². The largest absolute Gasteiger partial charge is 0.497 e. The molecule has 0 saturated heterocycles. The molecule has 0 spiro atoms. The summed E-state index contributed by atoms with van der Waals surface area (Å²) in [6, 6.07) is -4.98. The third-order valence-electron chi connectivity index (χ3n) is 2.03. The molecule has 2 aromatic rings. The zero-order chi connectivity index (χ0) is 25.8. The molecular weight excluding hydrogens is 226 g/mol. The van der Waals surface area contributed by atoms with Crippen LogP contribution < -0.4 is 10.0 Å². The Hall–Kier alpha value is -2.03. The first kappa shape index (κ1) is 3.50. The Morgan fingerprint density at radius 1 is 1.56 bits per heavy atom. The number of hydrogen-bond acceptors (Lipinski definition) is 2. The second-order valence-corrected chi connectivity index (χ2v) is 3.16. The predicted molar refractivity (Wildman–Crippen MR) is 72.9 cm³/mol. The number of rotatable bonds is 4. The summed E-state index contributed by atoms with van der Waals surface area (Å²) in [7, 11) is -3.15. The Kier molecular flexibility index (Phi) is 1.08. The van der Waals surface area contributed by atoms with Gasteiger partial charge in [-0.25, -0.2) is 0 Å². The van der Waals surface area contributed by atoms with Crippen LogP contribution in [0.1, 0.15) is 31.6 Å². The van der Waals surface area contributed by atoms with E-state index >= 15 is 0 Å². The number of methoxy groups -OCH3 is 1. The van der Waals surface area contributed by atoms with Gasteiger partial charge in [0.05, 0.1) is 19.4 Å². The van der Waals surface area contributed by atoms with Crippen molar-refractivity contribution in [1.82, 2.24) is 5.31 Å². The SMILES string of the molecule is [2H]c1c([2H])c(CC([2H])([2H])N([2H])C(=O)C([2H])([2H])[2H])c2c([2H])c(OC([2H])([2H])[2H])c([2H])c([2H])c2c1[2H]. The van der Waals surface area contributed by atoms with Crippen LogP contribution in [0.3, 0.4) is 0 Å². The minimum Gasteiger partial charge on any atom is -0.497 e. The van der Waals surface area contributed by atoms with Gasteiger partial charge >= 0.3 is 0 Å². The Morgan fingerprint density at radius 2 is 2.50 bits per heavy atom. The fourth-order valence-corrected chi connectivity index (χ4v) is 1.31. The molecule has 2 rings (SSSR count). The van der Waals surface area contributed by atoms with Crippen molar-refractivity contribution >= 4 is 16.7 Å². The predicted octanol–water partition coefficient (Wildman–Crippen LogP) is 2.53. The van der Waals surface area contributed by atoms with E-state index < -0.39 is 96.4 Å². The number of benzene rings is 2. The van der Waals surface area contributed by atoms with Gasteiger partial charge in [0.2, 0.25) is 5.91 Å².